The van der Waals surface area contributed by atoms with E-state index in [9.17, 15) is 4.79 Å². The van der Waals surface area contributed by atoms with Gasteiger partial charge < -0.3 is 14.6 Å². The van der Waals surface area contributed by atoms with Crippen molar-refractivity contribution in [3.05, 3.63) is 71.5 Å². The average molecular weight is 382 g/mol. The molecule has 7 heteroatoms. The van der Waals surface area contributed by atoms with Gasteiger partial charge in [-0.2, -0.15) is 0 Å². The van der Waals surface area contributed by atoms with Crippen molar-refractivity contribution >= 4 is 17.7 Å². The Bertz CT molecular complexity index is 896. The van der Waals surface area contributed by atoms with E-state index >= 15 is 0 Å². The van der Waals surface area contributed by atoms with Gasteiger partial charge in [-0.1, -0.05) is 54.2 Å². The zero-order chi connectivity index (χ0) is 19.1. The summed E-state index contributed by atoms with van der Waals surface area (Å²) in [7, 11) is 1.87. The molecule has 0 aliphatic carbocycles. The molecule has 1 heterocycles. The summed E-state index contributed by atoms with van der Waals surface area (Å²) in [5.74, 6) is 1.76. The molecule has 3 aromatic rings. The van der Waals surface area contributed by atoms with Crippen LogP contribution in [0.5, 0.6) is 5.75 Å². The second-order valence-corrected chi connectivity index (χ2v) is 7.06. The van der Waals surface area contributed by atoms with Crippen molar-refractivity contribution in [1.82, 2.24) is 20.1 Å². The van der Waals surface area contributed by atoms with Crippen LogP contribution in [0.15, 0.2) is 59.8 Å². The van der Waals surface area contributed by atoms with Gasteiger partial charge in [0.05, 0.1) is 5.75 Å². The van der Waals surface area contributed by atoms with Crippen LogP contribution in [0.1, 0.15) is 17.0 Å². The van der Waals surface area contributed by atoms with Crippen molar-refractivity contribution in [3.8, 4) is 5.75 Å². The maximum atomic E-state index is 12.0. The normalized spacial score (nSPS) is 10.6. The van der Waals surface area contributed by atoms with Crippen molar-refractivity contribution in [2.24, 2.45) is 7.05 Å². The number of hydrogen-bond donors (Lipinski definition) is 1. The largest absolute Gasteiger partial charge is 0.486 e. The van der Waals surface area contributed by atoms with Crippen molar-refractivity contribution in [2.45, 2.75) is 25.2 Å². The van der Waals surface area contributed by atoms with Gasteiger partial charge in [0.25, 0.3) is 0 Å². The minimum Gasteiger partial charge on any atom is -0.486 e. The van der Waals surface area contributed by atoms with E-state index in [1.807, 2.05) is 73.1 Å². The molecule has 0 spiro atoms. The highest BCUT2D eigenvalue weighted by Gasteiger charge is 2.12. The quantitative estimate of drug-likeness (QED) is 0.606. The van der Waals surface area contributed by atoms with Crippen LogP contribution in [-0.4, -0.2) is 26.4 Å². The van der Waals surface area contributed by atoms with Crippen molar-refractivity contribution in [1.29, 1.82) is 0 Å². The van der Waals surface area contributed by atoms with Gasteiger partial charge in [0.2, 0.25) is 5.91 Å². The summed E-state index contributed by atoms with van der Waals surface area (Å²) in [4.78, 5) is 12.0. The Kier molecular flexibility index (Phi) is 6.49. The lowest BCUT2D eigenvalue weighted by atomic mass is 10.2. The van der Waals surface area contributed by atoms with Gasteiger partial charge in [0, 0.05) is 13.6 Å². The van der Waals surface area contributed by atoms with Gasteiger partial charge in [-0.3, -0.25) is 4.79 Å². The summed E-state index contributed by atoms with van der Waals surface area (Å²) in [6, 6.07) is 17.7. The SMILES string of the molecule is Cc1cccc(OCc2nnc(SCC(=O)NCc3ccccc3)n2C)c1. The molecule has 3 rings (SSSR count). The van der Waals surface area contributed by atoms with E-state index in [4.69, 9.17) is 4.74 Å². The van der Waals surface area contributed by atoms with Crippen LogP contribution in [-0.2, 0) is 25.0 Å². The summed E-state index contributed by atoms with van der Waals surface area (Å²) in [5, 5.41) is 11.9. The number of carbonyl (C=O) groups excluding carboxylic acids is 1. The third-order valence-electron chi connectivity index (χ3n) is 3.95. The number of thioether (sulfide) groups is 1. The lowest BCUT2D eigenvalue weighted by Gasteiger charge is -2.07. The third-order valence-corrected chi connectivity index (χ3v) is 4.97. The number of amides is 1. The number of benzene rings is 2. The standard InChI is InChI=1S/C20H22N4O2S/c1-15-7-6-10-17(11-15)26-13-18-22-23-20(24(18)2)27-14-19(25)21-12-16-8-4-3-5-9-16/h3-11H,12-14H2,1-2H3,(H,21,25). The summed E-state index contributed by atoms with van der Waals surface area (Å²) in [5.41, 5.74) is 2.22. The van der Waals surface area contributed by atoms with Crippen LogP contribution < -0.4 is 10.1 Å². The monoisotopic (exact) mass is 382 g/mol. The maximum absolute atomic E-state index is 12.0. The number of carbonyl (C=O) groups is 1. The third kappa shape index (κ3) is 5.59. The zero-order valence-corrected chi connectivity index (χ0v) is 16.2. The summed E-state index contributed by atoms with van der Waals surface area (Å²) in [6.45, 7) is 2.87. The molecule has 0 radical (unpaired) electrons. The molecule has 0 fully saturated rings. The molecule has 0 aliphatic rings. The van der Waals surface area contributed by atoms with E-state index in [-0.39, 0.29) is 11.7 Å². The minimum atomic E-state index is -0.0376. The fourth-order valence-electron chi connectivity index (χ4n) is 2.43. The number of rotatable bonds is 8. The molecule has 27 heavy (non-hydrogen) atoms. The molecule has 1 aromatic heterocycles. The topological polar surface area (TPSA) is 69.0 Å². The molecule has 0 aliphatic heterocycles. The second-order valence-electron chi connectivity index (χ2n) is 6.11. The Hall–Kier alpha value is -2.80. The number of hydrogen-bond acceptors (Lipinski definition) is 5. The van der Waals surface area contributed by atoms with Gasteiger partial charge in [0.15, 0.2) is 11.0 Å². The molecule has 0 saturated heterocycles. The lowest BCUT2D eigenvalue weighted by molar-refractivity contribution is -0.118. The van der Waals surface area contributed by atoms with Gasteiger partial charge >= 0.3 is 0 Å². The van der Waals surface area contributed by atoms with Crippen LogP contribution >= 0.6 is 11.8 Å². The van der Waals surface area contributed by atoms with Gasteiger partial charge in [-0.15, -0.1) is 10.2 Å². The fraction of sp³-hybridized carbons (Fsp3) is 0.250. The van der Waals surface area contributed by atoms with E-state index in [2.05, 4.69) is 15.5 Å². The number of ether oxygens (including phenoxy) is 1. The molecular formula is C20H22N4O2S. The molecule has 2 aromatic carbocycles. The molecule has 1 N–H and O–H groups in total. The highest BCUT2D eigenvalue weighted by atomic mass is 32.2. The first-order chi connectivity index (χ1) is 13.1. The van der Waals surface area contributed by atoms with E-state index < -0.39 is 0 Å². The molecule has 140 valence electrons. The maximum Gasteiger partial charge on any atom is 0.230 e. The Labute approximate surface area is 163 Å². The first kappa shape index (κ1) is 19.0. The predicted molar refractivity (Wildman–Crippen MR) is 106 cm³/mol. The Morgan fingerprint density at radius 1 is 1.15 bits per heavy atom. The fourth-order valence-corrected chi connectivity index (χ4v) is 3.19. The van der Waals surface area contributed by atoms with E-state index in [1.54, 1.807) is 0 Å². The smallest absolute Gasteiger partial charge is 0.230 e. The molecule has 0 bridgehead atoms. The van der Waals surface area contributed by atoms with E-state index in [0.29, 0.717) is 24.1 Å². The number of nitrogens with one attached hydrogen (secondary N) is 1. The number of aromatic nitrogens is 3. The Morgan fingerprint density at radius 3 is 2.74 bits per heavy atom. The van der Waals surface area contributed by atoms with Crippen molar-refractivity contribution < 1.29 is 9.53 Å². The van der Waals surface area contributed by atoms with E-state index in [0.717, 1.165) is 16.9 Å². The highest BCUT2D eigenvalue weighted by Crippen LogP contribution is 2.18. The van der Waals surface area contributed by atoms with Gasteiger partial charge in [0.1, 0.15) is 12.4 Å². The van der Waals surface area contributed by atoms with Crippen LogP contribution in [0.3, 0.4) is 0 Å². The summed E-state index contributed by atoms with van der Waals surface area (Å²) >= 11 is 1.36. The first-order valence-electron chi connectivity index (χ1n) is 8.63. The zero-order valence-electron chi connectivity index (χ0n) is 15.4. The molecule has 0 unspecified atom stereocenters. The van der Waals surface area contributed by atoms with Crippen LogP contribution in [0.4, 0.5) is 0 Å². The second kappa shape index (κ2) is 9.23. The molecule has 1 amide bonds. The molecule has 0 saturated carbocycles. The average Bonchev–Trinajstić information content (AvgIpc) is 3.03. The summed E-state index contributed by atoms with van der Waals surface area (Å²) < 4.78 is 7.62. The van der Waals surface area contributed by atoms with Crippen molar-refractivity contribution in [2.75, 3.05) is 5.75 Å². The lowest BCUT2D eigenvalue weighted by Crippen LogP contribution is -2.24. The van der Waals surface area contributed by atoms with Gasteiger partial charge in [-0.25, -0.2) is 0 Å². The molecular weight excluding hydrogens is 360 g/mol. The number of aryl methyl sites for hydroxylation is 1. The van der Waals surface area contributed by atoms with Crippen LogP contribution in [0, 0.1) is 6.92 Å². The van der Waals surface area contributed by atoms with Gasteiger partial charge in [-0.05, 0) is 30.2 Å². The van der Waals surface area contributed by atoms with E-state index in [1.165, 1.54) is 11.8 Å². The Morgan fingerprint density at radius 2 is 1.96 bits per heavy atom. The Balaban J connectivity index is 1.47. The molecule has 0 atom stereocenters. The van der Waals surface area contributed by atoms with Crippen LogP contribution in [0.25, 0.3) is 0 Å². The predicted octanol–water partition coefficient (Wildman–Crippen LogP) is 3.11. The molecule has 6 nitrogen and oxygen atoms in total. The van der Waals surface area contributed by atoms with Crippen LogP contribution in [0.2, 0.25) is 0 Å². The summed E-state index contributed by atoms with van der Waals surface area (Å²) in [6.07, 6.45) is 0. The van der Waals surface area contributed by atoms with Crippen molar-refractivity contribution in [3.63, 3.8) is 0 Å². The highest BCUT2D eigenvalue weighted by molar-refractivity contribution is 7.99. The first-order valence-corrected chi connectivity index (χ1v) is 9.61. The minimum absolute atomic E-state index is 0.0376. The number of nitrogens with zero attached hydrogens (tertiary/aromatic N) is 3.